The van der Waals surface area contributed by atoms with Gasteiger partial charge < -0.3 is 4.98 Å². The number of aromatic nitrogens is 1. The van der Waals surface area contributed by atoms with Gasteiger partial charge in [-0.15, -0.1) is 0 Å². The standard InChI is InChI=1S/C11H11NO3S/c1-7-5-11(13)12-10-4-3-8(6-9(7)10)16(2,14)15/h3-6H,1-2H3,(H,12,13). The van der Waals surface area contributed by atoms with E-state index in [0.717, 1.165) is 17.2 Å². The maximum absolute atomic E-state index is 11.4. The number of pyridine rings is 1. The highest BCUT2D eigenvalue weighted by Crippen LogP contribution is 2.19. The Morgan fingerprint density at radius 3 is 2.50 bits per heavy atom. The van der Waals surface area contributed by atoms with Gasteiger partial charge in [0.1, 0.15) is 0 Å². The first-order chi connectivity index (χ1) is 7.38. The monoisotopic (exact) mass is 237 g/mol. The summed E-state index contributed by atoms with van der Waals surface area (Å²) in [5.41, 5.74) is 1.23. The molecule has 1 aromatic heterocycles. The summed E-state index contributed by atoms with van der Waals surface area (Å²) >= 11 is 0. The van der Waals surface area contributed by atoms with Crippen molar-refractivity contribution in [2.45, 2.75) is 11.8 Å². The van der Waals surface area contributed by atoms with E-state index in [1.54, 1.807) is 19.1 Å². The maximum atomic E-state index is 11.4. The molecule has 0 atom stereocenters. The summed E-state index contributed by atoms with van der Waals surface area (Å²) in [6.07, 6.45) is 1.16. The summed E-state index contributed by atoms with van der Waals surface area (Å²) in [4.78, 5) is 14.1. The van der Waals surface area contributed by atoms with Crippen LogP contribution in [-0.4, -0.2) is 19.7 Å². The molecule has 0 saturated heterocycles. The van der Waals surface area contributed by atoms with Crippen molar-refractivity contribution in [2.24, 2.45) is 0 Å². The van der Waals surface area contributed by atoms with Gasteiger partial charge in [-0.25, -0.2) is 8.42 Å². The lowest BCUT2D eigenvalue weighted by molar-refractivity contribution is 0.602. The summed E-state index contributed by atoms with van der Waals surface area (Å²) < 4.78 is 22.8. The third-order valence-corrected chi connectivity index (χ3v) is 3.56. The lowest BCUT2D eigenvalue weighted by atomic mass is 10.1. The van der Waals surface area contributed by atoms with Crippen molar-refractivity contribution in [3.8, 4) is 0 Å². The Labute approximate surface area is 92.8 Å². The van der Waals surface area contributed by atoms with Crippen LogP contribution in [-0.2, 0) is 9.84 Å². The van der Waals surface area contributed by atoms with Crippen LogP contribution < -0.4 is 5.56 Å². The van der Waals surface area contributed by atoms with Crippen LogP contribution in [0.2, 0.25) is 0 Å². The van der Waals surface area contributed by atoms with Gasteiger partial charge in [-0.1, -0.05) is 0 Å². The summed E-state index contributed by atoms with van der Waals surface area (Å²) in [5, 5.41) is 0.752. The van der Waals surface area contributed by atoms with Gasteiger partial charge in [-0.05, 0) is 30.7 Å². The molecule has 2 rings (SSSR count). The predicted molar refractivity (Wildman–Crippen MR) is 62.4 cm³/mol. The van der Waals surface area contributed by atoms with Crippen LogP contribution in [0.5, 0.6) is 0 Å². The highest BCUT2D eigenvalue weighted by Gasteiger charge is 2.08. The predicted octanol–water partition coefficient (Wildman–Crippen LogP) is 1.24. The summed E-state index contributed by atoms with van der Waals surface area (Å²) in [6, 6.07) is 6.14. The second kappa shape index (κ2) is 3.45. The lowest BCUT2D eigenvalue weighted by Gasteiger charge is -2.04. The van der Waals surface area contributed by atoms with E-state index in [9.17, 15) is 13.2 Å². The minimum atomic E-state index is -3.21. The van der Waals surface area contributed by atoms with Gasteiger partial charge >= 0.3 is 0 Å². The van der Waals surface area contributed by atoms with E-state index >= 15 is 0 Å². The van der Waals surface area contributed by atoms with Crippen molar-refractivity contribution in [1.29, 1.82) is 0 Å². The summed E-state index contributed by atoms with van der Waals surface area (Å²) in [7, 11) is -3.21. The molecule has 0 aliphatic heterocycles. The summed E-state index contributed by atoms with van der Waals surface area (Å²) in [6.45, 7) is 1.78. The zero-order valence-corrected chi connectivity index (χ0v) is 9.76. The van der Waals surface area contributed by atoms with Gasteiger partial charge in [0.05, 0.1) is 4.90 Å². The van der Waals surface area contributed by atoms with Crippen LogP contribution in [0.3, 0.4) is 0 Å². The first kappa shape index (κ1) is 10.9. The smallest absolute Gasteiger partial charge is 0.248 e. The zero-order chi connectivity index (χ0) is 11.9. The Hall–Kier alpha value is -1.62. The number of hydrogen-bond donors (Lipinski definition) is 1. The number of rotatable bonds is 1. The highest BCUT2D eigenvalue weighted by molar-refractivity contribution is 7.90. The molecule has 1 aromatic carbocycles. The summed E-state index contributed by atoms with van der Waals surface area (Å²) in [5.74, 6) is 0. The number of sulfone groups is 1. The molecule has 1 N–H and O–H groups in total. The minimum absolute atomic E-state index is 0.183. The van der Waals surface area contributed by atoms with Gasteiger partial charge in [0.25, 0.3) is 0 Å². The van der Waals surface area contributed by atoms with Gasteiger partial charge in [0, 0.05) is 23.2 Å². The quantitative estimate of drug-likeness (QED) is 0.811. The second-order valence-corrected chi connectivity index (χ2v) is 5.81. The van der Waals surface area contributed by atoms with Crippen LogP contribution in [0.25, 0.3) is 10.9 Å². The number of H-pyrrole nitrogens is 1. The molecule has 0 saturated carbocycles. The van der Waals surface area contributed by atoms with E-state index in [1.165, 1.54) is 12.1 Å². The van der Waals surface area contributed by atoms with Crippen molar-refractivity contribution in [3.63, 3.8) is 0 Å². The molecule has 0 fully saturated rings. The van der Waals surface area contributed by atoms with Crippen molar-refractivity contribution in [1.82, 2.24) is 4.98 Å². The molecule has 0 bridgehead atoms. The molecular weight excluding hydrogens is 226 g/mol. The fraction of sp³-hybridized carbons (Fsp3) is 0.182. The first-order valence-corrected chi connectivity index (χ1v) is 6.61. The van der Waals surface area contributed by atoms with E-state index in [1.807, 2.05) is 0 Å². The number of nitrogens with one attached hydrogen (secondary N) is 1. The number of benzene rings is 1. The normalized spacial score (nSPS) is 11.9. The molecule has 0 unspecified atom stereocenters. The molecule has 5 heteroatoms. The number of fused-ring (bicyclic) bond motifs is 1. The molecular formula is C11H11NO3S. The fourth-order valence-electron chi connectivity index (χ4n) is 1.63. The van der Waals surface area contributed by atoms with E-state index in [-0.39, 0.29) is 10.5 Å². The molecule has 16 heavy (non-hydrogen) atoms. The van der Waals surface area contributed by atoms with E-state index in [0.29, 0.717) is 5.52 Å². The molecule has 0 aliphatic carbocycles. The largest absolute Gasteiger partial charge is 0.322 e. The Kier molecular flexibility index (Phi) is 2.35. The fourth-order valence-corrected chi connectivity index (χ4v) is 2.28. The van der Waals surface area contributed by atoms with Gasteiger partial charge in [0.2, 0.25) is 5.56 Å². The number of aromatic amines is 1. The average molecular weight is 237 g/mol. The van der Waals surface area contributed by atoms with Crippen LogP contribution in [0.15, 0.2) is 34.0 Å². The third kappa shape index (κ3) is 1.86. The Balaban J connectivity index is 2.87. The second-order valence-electron chi connectivity index (χ2n) is 3.80. The Morgan fingerprint density at radius 1 is 1.19 bits per heavy atom. The number of aryl methyl sites for hydroxylation is 1. The van der Waals surface area contributed by atoms with Crippen molar-refractivity contribution in [2.75, 3.05) is 6.26 Å². The Bertz CT molecular complexity index is 714. The molecule has 0 amide bonds. The highest BCUT2D eigenvalue weighted by atomic mass is 32.2. The number of hydrogen-bond acceptors (Lipinski definition) is 3. The molecule has 1 heterocycles. The van der Waals surface area contributed by atoms with Gasteiger partial charge in [0.15, 0.2) is 9.84 Å². The average Bonchev–Trinajstić information content (AvgIpc) is 2.15. The zero-order valence-electron chi connectivity index (χ0n) is 8.94. The third-order valence-electron chi connectivity index (χ3n) is 2.45. The Morgan fingerprint density at radius 2 is 1.88 bits per heavy atom. The molecule has 84 valence electrons. The van der Waals surface area contributed by atoms with Crippen molar-refractivity contribution in [3.05, 3.63) is 40.2 Å². The van der Waals surface area contributed by atoms with Crippen LogP contribution in [0.1, 0.15) is 5.56 Å². The van der Waals surface area contributed by atoms with Crippen LogP contribution in [0.4, 0.5) is 0 Å². The first-order valence-electron chi connectivity index (χ1n) is 4.72. The molecule has 0 aliphatic rings. The maximum Gasteiger partial charge on any atom is 0.248 e. The van der Waals surface area contributed by atoms with E-state index < -0.39 is 9.84 Å². The minimum Gasteiger partial charge on any atom is -0.322 e. The SMILES string of the molecule is Cc1cc(=O)[nH]c2ccc(S(C)(=O)=O)cc12. The van der Waals surface area contributed by atoms with Crippen LogP contribution >= 0.6 is 0 Å². The van der Waals surface area contributed by atoms with Gasteiger partial charge in [-0.2, -0.15) is 0 Å². The van der Waals surface area contributed by atoms with Crippen molar-refractivity contribution < 1.29 is 8.42 Å². The van der Waals surface area contributed by atoms with E-state index in [2.05, 4.69) is 4.98 Å². The van der Waals surface area contributed by atoms with Gasteiger partial charge in [-0.3, -0.25) is 4.79 Å². The van der Waals surface area contributed by atoms with Crippen LogP contribution in [0, 0.1) is 6.92 Å². The molecule has 0 spiro atoms. The molecule has 2 aromatic rings. The molecule has 0 radical (unpaired) electrons. The lowest BCUT2D eigenvalue weighted by Crippen LogP contribution is -2.05. The van der Waals surface area contributed by atoms with E-state index in [4.69, 9.17) is 0 Å². The topological polar surface area (TPSA) is 67.0 Å². The van der Waals surface area contributed by atoms with Crippen molar-refractivity contribution >= 4 is 20.7 Å². The molecule has 4 nitrogen and oxygen atoms in total.